The lowest BCUT2D eigenvalue weighted by Gasteiger charge is -2.07. The van der Waals surface area contributed by atoms with Gasteiger partial charge in [0.2, 0.25) is 0 Å². The Hall–Kier alpha value is -3.91. The van der Waals surface area contributed by atoms with Gasteiger partial charge in [0.15, 0.2) is 0 Å². The average molecular weight is 376 g/mol. The molecule has 0 aliphatic carbocycles. The van der Waals surface area contributed by atoms with Gasteiger partial charge in [-0.2, -0.15) is 0 Å². The summed E-state index contributed by atoms with van der Waals surface area (Å²) in [5.41, 5.74) is 6.38. The molecule has 0 atom stereocenters. The molecule has 0 aliphatic heterocycles. The lowest BCUT2D eigenvalue weighted by Crippen LogP contribution is -1.99. The Balaban J connectivity index is 1.64. The van der Waals surface area contributed by atoms with E-state index in [-0.39, 0.29) is 0 Å². The zero-order chi connectivity index (χ0) is 20.1. The summed E-state index contributed by atoms with van der Waals surface area (Å²) in [6, 6.07) is 33.9. The minimum Gasteiger partial charge on any atom is -0.478 e. The summed E-state index contributed by atoms with van der Waals surface area (Å²) in [6.45, 7) is 0. The van der Waals surface area contributed by atoms with E-state index in [2.05, 4.69) is 24.3 Å². The van der Waals surface area contributed by atoms with Gasteiger partial charge in [-0.15, -0.1) is 0 Å². The second kappa shape index (κ2) is 8.41. The van der Waals surface area contributed by atoms with E-state index >= 15 is 0 Å². The second-order valence-corrected chi connectivity index (χ2v) is 6.79. The monoisotopic (exact) mass is 376 g/mol. The first-order chi connectivity index (χ1) is 14.2. The largest absolute Gasteiger partial charge is 0.478 e. The molecule has 2 nitrogen and oxygen atoms in total. The third-order valence-electron chi connectivity index (χ3n) is 4.86. The van der Waals surface area contributed by atoms with Crippen LogP contribution in [-0.4, -0.2) is 11.1 Å². The van der Waals surface area contributed by atoms with Crippen molar-refractivity contribution in [3.63, 3.8) is 0 Å². The summed E-state index contributed by atoms with van der Waals surface area (Å²) in [5.74, 6) is -0.927. The molecule has 4 aromatic rings. The predicted molar refractivity (Wildman–Crippen MR) is 120 cm³/mol. The summed E-state index contributed by atoms with van der Waals surface area (Å²) >= 11 is 0. The zero-order valence-corrected chi connectivity index (χ0v) is 15.8. The zero-order valence-electron chi connectivity index (χ0n) is 15.8. The molecule has 0 bridgehead atoms. The number of benzene rings is 4. The molecule has 0 heterocycles. The highest BCUT2D eigenvalue weighted by Crippen LogP contribution is 2.25. The Bertz CT molecular complexity index is 1140. The van der Waals surface area contributed by atoms with Crippen molar-refractivity contribution in [2.24, 2.45) is 0 Å². The van der Waals surface area contributed by atoms with Crippen LogP contribution in [0.3, 0.4) is 0 Å². The van der Waals surface area contributed by atoms with Crippen LogP contribution in [0.5, 0.6) is 0 Å². The van der Waals surface area contributed by atoms with Crippen molar-refractivity contribution in [2.45, 2.75) is 0 Å². The minimum atomic E-state index is -0.927. The van der Waals surface area contributed by atoms with Crippen LogP contribution in [0.15, 0.2) is 103 Å². The highest BCUT2D eigenvalue weighted by molar-refractivity contribution is 5.94. The van der Waals surface area contributed by atoms with Gasteiger partial charge < -0.3 is 5.11 Å². The third-order valence-corrected chi connectivity index (χ3v) is 4.86. The molecule has 0 aromatic heterocycles. The number of aromatic carboxylic acids is 1. The van der Waals surface area contributed by atoms with Gasteiger partial charge in [0, 0.05) is 0 Å². The topological polar surface area (TPSA) is 37.3 Å². The van der Waals surface area contributed by atoms with Crippen LogP contribution in [0.25, 0.3) is 34.4 Å². The van der Waals surface area contributed by atoms with Crippen LogP contribution in [0, 0.1) is 0 Å². The SMILES string of the molecule is O=C(O)c1ccc(-c2ccccc2)cc1/C=C/c1ccc(-c2ccccc2)cc1. The molecule has 1 N–H and O–H groups in total. The van der Waals surface area contributed by atoms with E-state index in [4.69, 9.17) is 0 Å². The van der Waals surface area contributed by atoms with Crippen LogP contribution in [0.4, 0.5) is 0 Å². The molecule has 2 heteroatoms. The lowest BCUT2D eigenvalue weighted by atomic mass is 9.98. The Morgan fingerprint density at radius 1 is 0.586 bits per heavy atom. The number of hydrogen-bond acceptors (Lipinski definition) is 1. The Kier molecular flexibility index (Phi) is 5.35. The van der Waals surface area contributed by atoms with Gasteiger partial charge in [0.05, 0.1) is 5.56 Å². The van der Waals surface area contributed by atoms with E-state index in [0.29, 0.717) is 11.1 Å². The molecule has 140 valence electrons. The van der Waals surface area contributed by atoms with Crippen LogP contribution in [0.2, 0.25) is 0 Å². The summed E-state index contributed by atoms with van der Waals surface area (Å²) in [7, 11) is 0. The van der Waals surface area contributed by atoms with E-state index in [9.17, 15) is 9.90 Å². The van der Waals surface area contributed by atoms with Gasteiger partial charge in [-0.25, -0.2) is 4.79 Å². The summed E-state index contributed by atoms with van der Waals surface area (Å²) in [5, 5.41) is 9.55. The lowest BCUT2D eigenvalue weighted by molar-refractivity contribution is 0.0696. The quantitative estimate of drug-likeness (QED) is 0.385. The van der Waals surface area contributed by atoms with Crippen LogP contribution < -0.4 is 0 Å². The van der Waals surface area contributed by atoms with Crippen LogP contribution in [0.1, 0.15) is 21.5 Å². The van der Waals surface area contributed by atoms with E-state index < -0.39 is 5.97 Å². The van der Waals surface area contributed by atoms with Gasteiger partial charge >= 0.3 is 5.97 Å². The normalized spacial score (nSPS) is 10.9. The molecule has 0 saturated carbocycles. The molecular formula is C27H20O2. The van der Waals surface area contributed by atoms with Crippen LogP contribution >= 0.6 is 0 Å². The summed E-state index contributed by atoms with van der Waals surface area (Å²) < 4.78 is 0. The van der Waals surface area contributed by atoms with E-state index in [1.807, 2.05) is 84.9 Å². The summed E-state index contributed by atoms with van der Waals surface area (Å²) in [6.07, 6.45) is 3.82. The van der Waals surface area contributed by atoms with Crippen molar-refractivity contribution in [1.82, 2.24) is 0 Å². The fourth-order valence-corrected chi connectivity index (χ4v) is 3.31. The minimum absolute atomic E-state index is 0.293. The maximum absolute atomic E-state index is 11.6. The molecule has 0 fully saturated rings. The first-order valence-corrected chi connectivity index (χ1v) is 9.47. The van der Waals surface area contributed by atoms with Gasteiger partial charge in [-0.1, -0.05) is 103 Å². The second-order valence-electron chi connectivity index (χ2n) is 6.79. The molecule has 0 radical (unpaired) electrons. The molecule has 0 saturated heterocycles. The van der Waals surface area contributed by atoms with Crippen LogP contribution in [-0.2, 0) is 0 Å². The Morgan fingerprint density at radius 3 is 1.69 bits per heavy atom. The Morgan fingerprint density at radius 2 is 1.10 bits per heavy atom. The van der Waals surface area contributed by atoms with E-state index in [1.165, 1.54) is 5.56 Å². The smallest absolute Gasteiger partial charge is 0.336 e. The van der Waals surface area contributed by atoms with Crippen molar-refractivity contribution < 1.29 is 9.90 Å². The standard InChI is InChI=1S/C27H20O2/c28-27(29)26-18-17-24(22-9-5-2-6-10-22)19-25(26)16-13-20-11-14-23(15-12-20)21-7-3-1-4-8-21/h1-19H,(H,28,29)/b16-13+. The van der Waals surface area contributed by atoms with Crippen molar-refractivity contribution >= 4 is 18.1 Å². The van der Waals surface area contributed by atoms with Crippen molar-refractivity contribution in [1.29, 1.82) is 0 Å². The van der Waals surface area contributed by atoms with Gasteiger partial charge in [0.1, 0.15) is 0 Å². The molecule has 4 rings (SSSR count). The molecule has 0 unspecified atom stereocenters. The first kappa shape index (κ1) is 18.5. The third kappa shape index (κ3) is 4.33. The first-order valence-electron chi connectivity index (χ1n) is 9.47. The molecule has 0 amide bonds. The average Bonchev–Trinajstić information content (AvgIpc) is 2.79. The molecule has 0 spiro atoms. The highest BCUT2D eigenvalue weighted by Gasteiger charge is 2.09. The van der Waals surface area contributed by atoms with Crippen molar-refractivity contribution in [3.05, 3.63) is 120 Å². The highest BCUT2D eigenvalue weighted by atomic mass is 16.4. The fraction of sp³-hybridized carbons (Fsp3) is 0. The molecule has 4 aromatic carbocycles. The molecule has 29 heavy (non-hydrogen) atoms. The molecular weight excluding hydrogens is 356 g/mol. The van der Waals surface area contributed by atoms with Gasteiger partial charge in [-0.05, 0) is 45.5 Å². The maximum atomic E-state index is 11.6. The van der Waals surface area contributed by atoms with Crippen molar-refractivity contribution in [3.8, 4) is 22.3 Å². The number of carbonyl (C=O) groups is 1. The maximum Gasteiger partial charge on any atom is 0.336 e. The molecule has 0 aliphatic rings. The van der Waals surface area contributed by atoms with Gasteiger partial charge in [0.25, 0.3) is 0 Å². The fourth-order valence-electron chi connectivity index (χ4n) is 3.31. The van der Waals surface area contributed by atoms with E-state index in [0.717, 1.165) is 22.3 Å². The number of rotatable bonds is 5. The van der Waals surface area contributed by atoms with Gasteiger partial charge in [-0.3, -0.25) is 0 Å². The Labute approximate surface area is 170 Å². The summed E-state index contributed by atoms with van der Waals surface area (Å²) in [4.78, 5) is 11.6. The van der Waals surface area contributed by atoms with Crippen molar-refractivity contribution in [2.75, 3.05) is 0 Å². The number of carboxylic acids is 1. The number of hydrogen-bond donors (Lipinski definition) is 1. The van der Waals surface area contributed by atoms with E-state index in [1.54, 1.807) is 6.07 Å². The number of carboxylic acid groups (broad SMARTS) is 1. The predicted octanol–water partition coefficient (Wildman–Crippen LogP) is 6.89.